The number of rotatable bonds is 2. The van der Waals surface area contributed by atoms with E-state index in [2.05, 4.69) is 37.7 Å². The fraction of sp³-hybridized carbons (Fsp3) is 0.421. The zero-order valence-corrected chi connectivity index (χ0v) is 16.5. The highest BCUT2D eigenvalue weighted by Gasteiger charge is 2.22. The van der Waals surface area contributed by atoms with Crippen LogP contribution in [0, 0.1) is 20.8 Å². The molecule has 25 heavy (non-hydrogen) atoms. The quantitative estimate of drug-likeness (QED) is 0.770. The highest BCUT2D eigenvalue weighted by atomic mass is 79.9. The zero-order valence-electron chi connectivity index (χ0n) is 14.9. The summed E-state index contributed by atoms with van der Waals surface area (Å²) in [6.45, 7) is 9.18. The predicted octanol–water partition coefficient (Wildman–Crippen LogP) is 3.52. The van der Waals surface area contributed by atoms with Crippen LogP contribution in [-0.2, 0) is 0 Å². The summed E-state index contributed by atoms with van der Waals surface area (Å²) < 4.78 is 0.928. The second-order valence-electron chi connectivity index (χ2n) is 6.45. The number of aromatic nitrogens is 2. The number of carbonyl (C=O) groups is 1. The first kappa shape index (κ1) is 17.9. The molecule has 1 aliphatic rings. The van der Waals surface area contributed by atoms with Crippen LogP contribution in [0.25, 0.3) is 0 Å². The standard InChI is InChI=1S/C19H23BrN4O/c1-13-14(2)21-15(3)22-18(13)23-8-5-9-24(11-10-23)19(25)16-6-4-7-17(20)12-16/h4,6-7,12H,5,8-11H2,1-3H3. The van der Waals surface area contributed by atoms with Crippen LogP contribution in [0.1, 0.15) is 33.9 Å². The minimum atomic E-state index is 0.0925. The maximum absolute atomic E-state index is 12.8. The van der Waals surface area contributed by atoms with Gasteiger partial charge in [0.25, 0.3) is 5.91 Å². The molecule has 132 valence electrons. The molecular weight excluding hydrogens is 380 g/mol. The summed E-state index contributed by atoms with van der Waals surface area (Å²) in [5, 5.41) is 0. The number of amides is 1. The van der Waals surface area contributed by atoms with E-state index >= 15 is 0 Å². The first-order chi connectivity index (χ1) is 12.0. The lowest BCUT2D eigenvalue weighted by Crippen LogP contribution is -2.35. The molecule has 1 aromatic carbocycles. The first-order valence-electron chi connectivity index (χ1n) is 8.57. The molecule has 2 heterocycles. The summed E-state index contributed by atoms with van der Waals surface area (Å²) in [7, 11) is 0. The molecule has 1 aromatic heterocycles. The Balaban J connectivity index is 1.76. The predicted molar refractivity (Wildman–Crippen MR) is 103 cm³/mol. The number of carbonyl (C=O) groups excluding carboxylic acids is 1. The Morgan fingerprint density at radius 3 is 2.64 bits per heavy atom. The summed E-state index contributed by atoms with van der Waals surface area (Å²) in [6, 6.07) is 7.59. The van der Waals surface area contributed by atoms with Crippen molar-refractivity contribution >= 4 is 27.7 Å². The minimum absolute atomic E-state index is 0.0925. The maximum atomic E-state index is 12.8. The zero-order chi connectivity index (χ0) is 18.0. The number of aryl methyl sites for hydroxylation is 2. The van der Waals surface area contributed by atoms with E-state index in [1.54, 1.807) is 0 Å². The Labute approximate surface area is 157 Å². The average molecular weight is 403 g/mol. The largest absolute Gasteiger partial charge is 0.354 e. The van der Waals surface area contributed by atoms with Crippen LogP contribution < -0.4 is 4.90 Å². The van der Waals surface area contributed by atoms with Gasteiger partial charge in [0.2, 0.25) is 0 Å². The molecule has 5 nitrogen and oxygen atoms in total. The summed E-state index contributed by atoms with van der Waals surface area (Å²) in [4.78, 5) is 26.1. The van der Waals surface area contributed by atoms with E-state index in [0.717, 1.165) is 59.0 Å². The average Bonchev–Trinajstić information content (AvgIpc) is 2.83. The molecule has 3 rings (SSSR count). The van der Waals surface area contributed by atoms with Crippen LogP contribution in [0.5, 0.6) is 0 Å². The third-order valence-electron chi connectivity index (χ3n) is 4.63. The smallest absolute Gasteiger partial charge is 0.253 e. The second kappa shape index (κ2) is 7.52. The molecule has 0 saturated carbocycles. The van der Waals surface area contributed by atoms with Crippen molar-refractivity contribution in [1.82, 2.24) is 14.9 Å². The van der Waals surface area contributed by atoms with Gasteiger partial charge in [-0.1, -0.05) is 22.0 Å². The highest BCUT2D eigenvalue weighted by molar-refractivity contribution is 9.10. The minimum Gasteiger partial charge on any atom is -0.354 e. The van der Waals surface area contributed by atoms with E-state index in [-0.39, 0.29) is 5.91 Å². The van der Waals surface area contributed by atoms with E-state index < -0.39 is 0 Å². The molecule has 1 saturated heterocycles. The second-order valence-corrected chi connectivity index (χ2v) is 7.36. The Morgan fingerprint density at radius 1 is 1.08 bits per heavy atom. The van der Waals surface area contributed by atoms with Crippen LogP contribution in [0.3, 0.4) is 0 Å². The fourth-order valence-corrected chi connectivity index (χ4v) is 3.59. The molecule has 0 N–H and O–H groups in total. The van der Waals surface area contributed by atoms with Crippen molar-refractivity contribution in [2.24, 2.45) is 0 Å². The van der Waals surface area contributed by atoms with Gasteiger partial charge in [0.15, 0.2) is 0 Å². The van der Waals surface area contributed by atoms with Gasteiger partial charge in [-0.05, 0) is 45.4 Å². The van der Waals surface area contributed by atoms with Gasteiger partial charge in [-0.3, -0.25) is 4.79 Å². The van der Waals surface area contributed by atoms with Gasteiger partial charge < -0.3 is 9.80 Å². The van der Waals surface area contributed by atoms with E-state index in [9.17, 15) is 4.79 Å². The molecule has 0 spiro atoms. The third kappa shape index (κ3) is 4.00. The van der Waals surface area contributed by atoms with E-state index in [0.29, 0.717) is 6.54 Å². The molecule has 0 bridgehead atoms. The third-order valence-corrected chi connectivity index (χ3v) is 5.12. The molecule has 0 atom stereocenters. The number of nitrogens with zero attached hydrogens (tertiary/aromatic N) is 4. The van der Waals surface area contributed by atoms with Gasteiger partial charge in [0.1, 0.15) is 11.6 Å². The summed E-state index contributed by atoms with van der Waals surface area (Å²) >= 11 is 3.44. The Morgan fingerprint density at radius 2 is 1.88 bits per heavy atom. The molecule has 1 fully saturated rings. The lowest BCUT2D eigenvalue weighted by atomic mass is 10.2. The molecule has 0 aliphatic carbocycles. The van der Waals surface area contributed by atoms with Gasteiger partial charge >= 0.3 is 0 Å². The molecule has 0 unspecified atom stereocenters. The van der Waals surface area contributed by atoms with Crippen molar-refractivity contribution in [1.29, 1.82) is 0 Å². The molecule has 2 aromatic rings. The van der Waals surface area contributed by atoms with Gasteiger partial charge in [0, 0.05) is 47.5 Å². The number of benzene rings is 1. The number of anilines is 1. The highest BCUT2D eigenvalue weighted by Crippen LogP contribution is 2.22. The molecule has 0 radical (unpaired) electrons. The summed E-state index contributed by atoms with van der Waals surface area (Å²) in [6.07, 6.45) is 0.932. The SMILES string of the molecule is Cc1nc(C)c(C)c(N2CCCN(C(=O)c3cccc(Br)c3)CC2)n1. The van der Waals surface area contributed by atoms with E-state index in [1.807, 2.05) is 43.0 Å². The van der Waals surface area contributed by atoms with Crippen LogP contribution >= 0.6 is 15.9 Å². The van der Waals surface area contributed by atoms with Crippen molar-refractivity contribution in [2.45, 2.75) is 27.2 Å². The molecule has 1 amide bonds. The molecule has 1 aliphatic heterocycles. The fourth-order valence-electron chi connectivity index (χ4n) is 3.19. The number of halogens is 1. The van der Waals surface area contributed by atoms with Crippen molar-refractivity contribution in [3.8, 4) is 0 Å². The van der Waals surface area contributed by atoms with Crippen molar-refractivity contribution in [3.05, 3.63) is 51.4 Å². The Kier molecular flexibility index (Phi) is 5.37. The summed E-state index contributed by atoms with van der Waals surface area (Å²) in [5.74, 6) is 1.89. The first-order valence-corrected chi connectivity index (χ1v) is 9.36. The Bertz CT molecular complexity index is 793. The van der Waals surface area contributed by atoms with Gasteiger partial charge in [-0.15, -0.1) is 0 Å². The van der Waals surface area contributed by atoms with Crippen LogP contribution in [0.2, 0.25) is 0 Å². The van der Waals surface area contributed by atoms with Crippen molar-refractivity contribution < 1.29 is 4.79 Å². The van der Waals surface area contributed by atoms with Crippen molar-refractivity contribution in [3.63, 3.8) is 0 Å². The van der Waals surface area contributed by atoms with E-state index in [1.165, 1.54) is 0 Å². The monoisotopic (exact) mass is 402 g/mol. The topological polar surface area (TPSA) is 49.3 Å². The number of hydrogen-bond acceptors (Lipinski definition) is 4. The molecular formula is C19H23BrN4O. The van der Waals surface area contributed by atoms with Gasteiger partial charge in [-0.2, -0.15) is 0 Å². The summed E-state index contributed by atoms with van der Waals surface area (Å²) in [5.41, 5.74) is 2.87. The lowest BCUT2D eigenvalue weighted by Gasteiger charge is -2.25. The van der Waals surface area contributed by atoms with Gasteiger partial charge in [-0.25, -0.2) is 9.97 Å². The van der Waals surface area contributed by atoms with Crippen LogP contribution in [0.4, 0.5) is 5.82 Å². The maximum Gasteiger partial charge on any atom is 0.253 e. The van der Waals surface area contributed by atoms with E-state index in [4.69, 9.17) is 0 Å². The van der Waals surface area contributed by atoms with Crippen LogP contribution in [0.15, 0.2) is 28.7 Å². The number of hydrogen-bond donors (Lipinski definition) is 0. The van der Waals surface area contributed by atoms with Crippen molar-refractivity contribution in [2.75, 3.05) is 31.1 Å². The Hall–Kier alpha value is -1.95. The van der Waals surface area contributed by atoms with Gasteiger partial charge in [0.05, 0.1) is 0 Å². The normalized spacial score (nSPS) is 15.2. The lowest BCUT2D eigenvalue weighted by molar-refractivity contribution is 0.0767. The molecule has 6 heteroatoms. The van der Waals surface area contributed by atoms with Crippen LogP contribution in [-0.4, -0.2) is 47.0 Å².